The largest absolute Gasteiger partial charge is 0.369 e. The van der Waals surface area contributed by atoms with Crippen LogP contribution in [0, 0.1) is 11.8 Å². The standard InChI is InChI=1S/C13H21N3/c1-11-3-2-4-12(9-11)5-6-15-13-10-14-7-8-16-13/h7-8,10-12H,2-6,9H2,1H3,(H,15,16). The number of nitrogens with one attached hydrogen (secondary N) is 1. The van der Waals surface area contributed by atoms with E-state index in [2.05, 4.69) is 22.2 Å². The van der Waals surface area contributed by atoms with Crippen molar-refractivity contribution in [2.24, 2.45) is 11.8 Å². The molecule has 1 saturated carbocycles. The molecule has 1 aliphatic rings. The number of anilines is 1. The van der Waals surface area contributed by atoms with Crippen molar-refractivity contribution in [1.29, 1.82) is 0 Å². The van der Waals surface area contributed by atoms with Gasteiger partial charge in [0, 0.05) is 18.9 Å². The summed E-state index contributed by atoms with van der Waals surface area (Å²) >= 11 is 0. The minimum Gasteiger partial charge on any atom is -0.369 e. The van der Waals surface area contributed by atoms with E-state index < -0.39 is 0 Å². The van der Waals surface area contributed by atoms with Crippen molar-refractivity contribution in [3.63, 3.8) is 0 Å². The molecule has 0 spiro atoms. The summed E-state index contributed by atoms with van der Waals surface area (Å²) in [4.78, 5) is 8.24. The lowest BCUT2D eigenvalue weighted by Gasteiger charge is -2.26. The summed E-state index contributed by atoms with van der Waals surface area (Å²) in [6, 6.07) is 0. The van der Waals surface area contributed by atoms with E-state index in [1.165, 1.54) is 32.1 Å². The van der Waals surface area contributed by atoms with Gasteiger partial charge in [0.25, 0.3) is 0 Å². The van der Waals surface area contributed by atoms with E-state index in [9.17, 15) is 0 Å². The zero-order valence-electron chi connectivity index (χ0n) is 10.0. The topological polar surface area (TPSA) is 37.8 Å². The van der Waals surface area contributed by atoms with E-state index in [4.69, 9.17) is 0 Å². The molecule has 1 heterocycles. The van der Waals surface area contributed by atoms with Gasteiger partial charge in [-0.3, -0.25) is 4.98 Å². The predicted octanol–water partition coefficient (Wildman–Crippen LogP) is 3.10. The van der Waals surface area contributed by atoms with Crippen molar-refractivity contribution in [3.05, 3.63) is 18.6 Å². The first-order valence-electron chi connectivity index (χ1n) is 6.34. The van der Waals surface area contributed by atoms with E-state index in [-0.39, 0.29) is 0 Å². The summed E-state index contributed by atoms with van der Waals surface area (Å²) in [5.74, 6) is 2.73. The van der Waals surface area contributed by atoms with Gasteiger partial charge in [-0.25, -0.2) is 4.98 Å². The second kappa shape index (κ2) is 5.83. The van der Waals surface area contributed by atoms with Crippen LogP contribution in [0.25, 0.3) is 0 Å². The fourth-order valence-electron chi connectivity index (χ4n) is 2.62. The first kappa shape index (κ1) is 11.4. The van der Waals surface area contributed by atoms with Crippen LogP contribution in [0.1, 0.15) is 39.0 Å². The molecule has 1 fully saturated rings. The number of aromatic nitrogens is 2. The Balaban J connectivity index is 1.68. The first-order chi connectivity index (χ1) is 7.84. The van der Waals surface area contributed by atoms with E-state index >= 15 is 0 Å². The van der Waals surface area contributed by atoms with E-state index in [0.717, 1.165) is 24.2 Å². The molecule has 2 rings (SSSR count). The fourth-order valence-corrected chi connectivity index (χ4v) is 2.62. The molecule has 1 aromatic rings. The van der Waals surface area contributed by atoms with Crippen LogP contribution in [0.5, 0.6) is 0 Å². The van der Waals surface area contributed by atoms with Gasteiger partial charge in [0.15, 0.2) is 0 Å². The number of hydrogen-bond donors (Lipinski definition) is 1. The van der Waals surface area contributed by atoms with Crippen LogP contribution in [0.3, 0.4) is 0 Å². The Morgan fingerprint density at radius 2 is 2.31 bits per heavy atom. The van der Waals surface area contributed by atoms with E-state index in [0.29, 0.717) is 0 Å². The van der Waals surface area contributed by atoms with Crippen LogP contribution in [0.2, 0.25) is 0 Å². The Kier molecular flexibility index (Phi) is 4.14. The molecule has 3 nitrogen and oxygen atoms in total. The molecule has 0 amide bonds. The molecule has 0 aliphatic heterocycles. The fraction of sp³-hybridized carbons (Fsp3) is 0.692. The highest BCUT2D eigenvalue weighted by Gasteiger charge is 2.18. The molecule has 88 valence electrons. The maximum absolute atomic E-state index is 4.20. The summed E-state index contributed by atoms with van der Waals surface area (Å²) in [7, 11) is 0. The highest BCUT2D eigenvalue weighted by molar-refractivity contribution is 5.29. The summed E-state index contributed by atoms with van der Waals surface area (Å²) in [6.07, 6.45) is 12.1. The SMILES string of the molecule is CC1CCCC(CCNc2cnccn2)C1. The van der Waals surface area contributed by atoms with Crippen molar-refractivity contribution in [2.45, 2.75) is 39.0 Å². The lowest BCUT2D eigenvalue weighted by atomic mass is 9.81. The Labute approximate surface area is 97.7 Å². The number of nitrogens with zero attached hydrogens (tertiary/aromatic N) is 2. The first-order valence-corrected chi connectivity index (χ1v) is 6.34. The average Bonchev–Trinajstić information content (AvgIpc) is 2.30. The Morgan fingerprint density at radius 1 is 1.38 bits per heavy atom. The van der Waals surface area contributed by atoms with Crippen LogP contribution in [0.4, 0.5) is 5.82 Å². The third-order valence-corrected chi connectivity index (χ3v) is 3.47. The molecule has 1 aromatic heterocycles. The molecule has 16 heavy (non-hydrogen) atoms. The van der Waals surface area contributed by atoms with Crippen LogP contribution in [0.15, 0.2) is 18.6 Å². The second-order valence-electron chi connectivity index (χ2n) is 4.94. The van der Waals surface area contributed by atoms with E-state index in [1.807, 2.05) is 0 Å². The van der Waals surface area contributed by atoms with Gasteiger partial charge in [0.2, 0.25) is 0 Å². The van der Waals surface area contributed by atoms with Crippen molar-refractivity contribution in [3.8, 4) is 0 Å². The van der Waals surface area contributed by atoms with Gasteiger partial charge in [0.1, 0.15) is 5.82 Å². The molecule has 1 N–H and O–H groups in total. The highest BCUT2D eigenvalue weighted by atomic mass is 15.0. The molecule has 1 aliphatic carbocycles. The van der Waals surface area contributed by atoms with E-state index in [1.54, 1.807) is 18.6 Å². The van der Waals surface area contributed by atoms with Gasteiger partial charge in [-0.1, -0.05) is 26.2 Å². The normalized spacial score (nSPS) is 25.3. The molecule has 0 bridgehead atoms. The molecule has 2 unspecified atom stereocenters. The minimum atomic E-state index is 0.895. The molecule has 2 atom stereocenters. The lowest BCUT2D eigenvalue weighted by Crippen LogP contribution is -2.16. The molecule has 0 aromatic carbocycles. The third-order valence-electron chi connectivity index (χ3n) is 3.47. The minimum absolute atomic E-state index is 0.895. The van der Waals surface area contributed by atoms with Gasteiger partial charge < -0.3 is 5.32 Å². The van der Waals surface area contributed by atoms with Crippen molar-refractivity contribution in [2.75, 3.05) is 11.9 Å². The lowest BCUT2D eigenvalue weighted by molar-refractivity contribution is 0.274. The smallest absolute Gasteiger partial charge is 0.144 e. The second-order valence-corrected chi connectivity index (χ2v) is 4.94. The maximum atomic E-state index is 4.20. The average molecular weight is 219 g/mol. The zero-order chi connectivity index (χ0) is 11.2. The van der Waals surface area contributed by atoms with Crippen molar-refractivity contribution >= 4 is 5.82 Å². The van der Waals surface area contributed by atoms with Gasteiger partial charge >= 0.3 is 0 Å². The Morgan fingerprint density at radius 3 is 3.06 bits per heavy atom. The van der Waals surface area contributed by atoms with Gasteiger partial charge in [-0.15, -0.1) is 0 Å². The van der Waals surface area contributed by atoms with Crippen molar-refractivity contribution < 1.29 is 0 Å². The number of rotatable bonds is 4. The highest BCUT2D eigenvalue weighted by Crippen LogP contribution is 2.30. The third kappa shape index (κ3) is 3.47. The Bertz CT molecular complexity index is 299. The summed E-state index contributed by atoms with van der Waals surface area (Å²) in [6.45, 7) is 3.40. The summed E-state index contributed by atoms with van der Waals surface area (Å²) in [5, 5.41) is 3.33. The molecule has 3 heteroatoms. The van der Waals surface area contributed by atoms with Crippen LogP contribution < -0.4 is 5.32 Å². The van der Waals surface area contributed by atoms with Gasteiger partial charge in [-0.2, -0.15) is 0 Å². The molecule has 0 saturated heterocycles. The van der Waals surface area contributed by atoms with Crippen LogP contribution >= 0.6 is 0 Å². The molecular weight excluding hydrogens is 198 g/mol. The van der Waals surface area contributed by atoms with Gasteiger partial charge in [-0.05, 0) is 24.7 Å². The summed E-state index contributed by atoms with van der Waals surface area (Å²) < 4.78 is 0. The quantitative estimate of drug-likeness (QED) is 0.845. The molecule has 0 radical (unpaired) electrons. The van der Waals surface area contributed by atoms with Crippen LogP contribution in [-0.4, -0.2) is 16.5 Å². The monoisotopic (exact) mass is 219 g/mol. The summed E-state index contributed by atoms with van der Waals surface area (Å²) in [5.41, 5.74) is 0. The zero-order valence-corrected chi connectivity index (χ0v) is 10.0. The molecular formula is C13H21N3. The van der Waals surface area contributed by atoms with Crippen molar-refractivity contribution in [1.82, 2.24) is 9.97 Å². The van der Waals surface area contributed by atoms with Crippen LogP contribution in [-0.2, 0) is 0 Å². The maximum Gasteiger partial charge on any atom is 0.144 e. The Hall–Kier alpha value is -1.12. The van der Waals surface area contributed by atoms with Gasteiger partial charge in [0.05, 0.1) is 6.20 Å². The number of hydrogen-bond acceptors (Lipinski definition) is 3. The predicted molar refractivity (Wildman–Crippen MR) is 66.3 cm³/mol.